The Labute approximate surface area is 129 Å². The van der Waals surface area contributed by atoms with Crippen LogP contribution in [0.4, 0.5) is 8.78 Å². The number of ketones is 2. The summed E-state index contributed by atoms with van der Waals surface area (Å²) in [6.07, 6.45) is -0.354. The van der Waals surface area contributed by atoms with Crippen molar-refractivity contribution < 1.29 is 18.4 Å². The fourth-order valence-corrected chi connectivity index (χ4v) is 2.44. The van der Waals surface area contributed by atoms with E-state index in [0.29, 0.717) is 11.6 Å². The number of hydrogen-bond donors (Lipinski definition) is 0. The Morgan fingerprint density at radius 3 is 2.09 bits per heavy atom. The van der Waals surface area contributed by atoms with Gasteiger partial charge in [0.2, 0.25) is 0 Å². The van der Waals surface area contributed by atoms with E-state index in [2.05, 4.69) is 6.58 Å². The maximum Gasteiger partial charge on any atom is 0.138 e. The van der Waals surface area contributed by atoms with E-state index in [1.54, 1.807) is 24.3 Å². The van der Waals surface area contributed by atoms with Gasteiger partial charge < -0.3 is 0 Å². The van der Waals surface area contributed by atoms with Crippen LogP contribution < -0.4 is 0 Å². The summed E-state index contributed by atoms with van der Waals surface area (Å²) in [6.45, 7) is 7.60. The molecule has 22 heavy (non-hydrogen) atoms. The molecular weight excluding hydrogens is 286 g/mol. The second kappa shape index (κ2) is 7.78. The Morgan fingerprint density at radius 2 is 1.68 bits per heavy atom. The molecule has 0 aromatic heterocycles. The lowest BCUT2D eigenvalue weighted by atomic mass is 9.78. The van der Waals surface area contributed by atoms with Crippen LogP contribution in [-0.4, -0.2) is 17.7 Å². The topological polar surface area (TPSA) is 34.1 Å². The highest BCUT2D eigenvalue weighted by Gasteiger charge is 2.36. The quantitative estimate of drug-likeness (QED) is 0.706. The molecule has 1 aromatic carbocycles. The number of aryl methyl sites for hydroxylation is 1. The molecule has 0 aliphatic rings. The van der Waals surface area contributed by atoms with Gasteiger partial charge in [0.15, 0.2) is 0 Å². The van der Waals surface area contributed by atoms with Gasteiger partial charge in [-0.25, -0.2) is 8.78 Å². The Kier molecular flexibility index (Phi) is 6.35. The van der Waals surface area contributed by atoms with Crippen LogP contribution >= 0.6 is 0 Å². The minimum atomic E-state index is -1.90. The summed E-state index contributed by atoms with van der Waals surface area (Å²) in [7, 11) is 0. The van der Waals surface area contributed by atoms with Crippen molar-refractivity contribution in [2.24, 2.45) is 5.92 Å². The van der Waals surface area contributed by atoms with Crippen LogP contribution in [0.1, 0.15) is 30.9 Å². The lowest BCUT2D eigenvalue weighted by Gasteiger charge is -2.25. The van der Waals surface area contributed by atoms with Gasteiger partial charge in [0.25, 0.3) is 0 Å². The third kappa shape index (κ3) is 4.45. The van der Waals surface area contributed by atoms with E-state index in [-0.39, 0.29) is 5.78 Å². The highest BCUT2D eigenvalue weighted by molar-refractivity contribution is 5.91. The van der Waals surface area contributed by atoms with Gasteiger partial charge in [-0.1, -0.05) is 36.4 Å². The Morgan fingerprint density at radius 1 is 1.14 bits per heavy atom. The van der Waals surface area contributed by atoms with Crippen molar-refractivity contribution in [3.05, 3.63) is 60.0 Å². The number of rotatable bonds is 7. The van der Waals surface area contributed by atoms with Crippen molar-refractivity contribution in [1.82, 2.24) is 0 Å². The maximum atomic E-state index is 14.4. The largest absolute Gasteiger partial charge is 0.300 e. The van der Waals surface area contributed by atoms with Gasteiger partial charge in [-0.2, -0.15) is 0 Å². The van der Waals surface area contributed by atoms with Crippen LogP contribution in [0.5, 0.6) is 0 Å². The molecule has 0 N–H and O–H groups in total. The third-order valence-electron chi connectivity index (χ3n) is 3.56. The van der Waals surface area contributed by atoms with Crippen LogP contribution in [0.3, 0.4) is 0 Å². The molecule has 2 nitrogen and oxygen atoms in total. The SMILES string of the molecule is C=C/C(F)=C\C(F)C(C(C)=O)C(C(C)=O)c1ccc(C)cc1. The number of alkyl halides is 1. The van der Waals surface area contributed by atoms with Crippen molar-refractivity contribution in [3.63, 3.8) is 0 Å². The smallest absolute Gasteiger partial charge is 0.138 e. The standard InChI is InChI=1S/C18H20F2O2/c1-5-15(19)10-16(20)18(13(4)22)17(12(3)21)14-8-6-11(2)7-9-14/h5-10,16-18H,1H2,2-4H3/b15-10+. The highest BCUT2D eigenvalue weighted by atomic mass is 19.1. The van der Waals surface area contributed by atoms with Crippen molar-refractivity contribution in [2.45, 2.75) is 32.9 Å². The van der Waals surface area contributed by atoms with Crippen LogP contribution in [0, 0.1) is 12.8 Å². The molecule has 1 aromatic rings. The zero-order valence-corrected chi connectivity index (χ0v) is 13.0. The van der Waals surface area contributed by atoms with Crippen molar-refractivity contribution in [3.8, 4) is 0 Å². The van der Waals surface area contributed by atoms with E-state index in [0.717, 1.165) is 11.6 Å². The first-order chi connectivity index (χ1) is 10.3. The molecule has 0 spiro atoms. The van der Waals surface area contributed by atoms with Crippen LogP contribution in [0.2, 0.25) is 0 Å². The molecule has 1 rings (SSSR count). The minimum Gasteiger partial charge on any atom is -0.300 e. The van der Waals surface area contributed by atoms with Crippen molar-refractivity contribution in [1.29, 1.82) is 0 Å². The lowest BCUT2D eigenvalue weighted by molar-refractivity contribution is -0.129. The second-order valence-electron chi connectivity index (χ2n) is 5.34. The van der Waals surface area contributed by atoms with E-state index in [4.69, 9.17) is 0 Å². The summed E-state index contributed by atoms with van der Waals surface area (Å²) in [5.41, 5.74) is 1.54. The predicted octanol–water partition coefficient (Wildman–Crippen LogP) is 4.25. The third-order valence-corrected chi connectivity index (χ3v) is 3.56. The van der Waals surface area contributed by atoms with Crippen LogP contribution in [0.25, 0.3) is 0 Å². The highest BCUT2D eigenvalue weighted by Crippen LogP contribution is 2.32. The number of hydrogen-bond acceptors (Lipinski definition) is 2. The number of carbonyl (C=O) groups is 2. The zero-order chi connectivity index (χ0) is 16.9. The monoisotopic (exact) mass is 306 g/mol. The molecule has 0 saturated carbocycles. The molecule has 3 atom stereocenters. The fraction of sp³-hybridized carbons (Fsp3) is 0.333. The molecule has 0 aliphatic carbocycles. The van der Waals surface area contributed by atoms with Gasteiger partial charge in [0.1, 0.15) is 23.6 Å². The van der Waals surface area contributed by atoms with Crippen LogP contribution in [0.15, 0.2) is 48.8 Å². The Bertz CT molecular complexity index is 588. The molecule has 0 saturated heterocycles. The number of allylic oxidation sites excluding steroid dienone is 3. The molecule has 0 heterocycles. The van der Waals surface area contributed by atoms with E-state index >= 15 is 0 Å². The van der Waals surface area contributed by atoms with Gasteiger partial charge in [-0.05, 0) is 38.5 Å². The van der Waals surface area contributed by atoms with Gasteiger partial charge in [0.05, 0.1) is 11.8 Å². The average Bonchev–Trinajstić information content (AvgIpc) is 2.44. The molecule has 0 aliphatic heterocycles. The molecule has 3 unspecified atom stereocenters. The van der Waals surface area contributed by atoms with Gasteiger partial charge in [0, 0.05) is 0 Å². The number of halogens is 2. The van der Waals surface area contributed by atoms with E-state index < -0.39 is 29.6 Å². The summed E-state index contributed by atoms with van der Waals surface area (Å²) < 4.78 is 27.6. The number of benzene rings is 1. The fourth-order valence-electron chi connectivity index (χ4n) is 2.44. The number of carbonyl (C=O) groups excluding carboxylic acids is 2. The van der Waals surface area contributed by atoms with Gasteiger partial charge in [-0.15, -0.1) is 0 Å². The Balaban J connectivity index is 3.29. The van der Waals surface area contributed by atoms with E-state index in [1.807, 2.05) is 6.92 Å². The molecular formula is C18H20F2O2. The number of Topliss-reactive ketones (excluding diaryl/α,β-unsaturated/α-hetero) is 2. The zero-order valence-electron chi connectivity index (χ0n) is 13.0. The second-order valence-corrected chi connectivity index (χ2v) is 5.34. The average molecular weight is 306 g/mol. The normalized spacial score (nSPS) is 15.8. The molecule has 0 bridgehead atoms. The maximum absolute atomic E-state index is 14.4. The minimum absolute atomic E-state index is 0.334. The first kappa shape index (κ1) is 18.0. The summed E-state index contributed by atoms with van der Waals surface area (Å²) in [5.74, 6) is -3.89. The van der Waals surface area contributed by atoms with Crippen LogP contribution in [-0.2, 0) is 9.59 Å². The first-order valence-corrected chi connectivity index (χ1v) is 6.99. The van der Waals surface area contributed by atoms with E-state index in [9.17, 15) is 18.4 Å². The summed E-state index contributed by atoms with van der Waals surface area (Å²) >= 11 is 0. The summed E-state index contributed by atoms with van der Waals surface area (Å²) in [6, 6.07) is 6.96. The first-order valence-electron chi connectivity index (χ1n) is 6.99. The summed E-state index contributed by atoms with van der Waals surface area (Å²) in [5, 5.41) is 0. The van der Waals surface area contributed by atoms with Crippen molar-refractivity contribution >= 4 is 11.6 Å². The van der Waals surface area contributed by atoms with E-state index in [1.165, 1.54) is 13.8 Å². The van der Waals surface area contributed by atoms with Gasteiger partial charge in [-0.3, -0.25) is 9.59 Å². The molecule has 118 valence electrons. The van der Waals surface area contributed by atoms with Crippen molar-refractivity contribution in [2.75, 3.05) is 0 Å². The summed E-state index contributed by atoms with van der Waals surface area (Å²) in [4.78, 5) is 23.9. The molecule has 0 radical (unpaired) electrons. The molecule has 0 fully saturated rings. The Hall–Kier alpha value is -2.10. The predicted molar refractivity (Wildman–Crippen MR) is 83.1 cm³/mol. The molecule has 0 amide bonds. The molecule has 4 heteroatoms. The van der Waals surface area contributed by atoms with Gasteiger partial charge >= 0.3 is 0 Å². The lowest BCUT2D eigenvalue weighted by Crippen LogP contribution is -2.32.